The van der Waals surface area contributed by atoms with Gasteiger partial charge in [0.1, 0.15) is 11.5 Å². The largest absolute Gasteiger partial charge is 0.573 e. The van der Waals surface area contributed by atoms with Crippen LogP contribution in [0.2, 0.25) is 0 Å². The molecule has 0 saturated heterocycles. The minimum atomic E-state index is -4.79. The third-order valence-corrected chi connectivity index (χ3v) is 5.20. The summed E-state index contributed by atoms with van der Waals surface area (Å²) in [5, 5.41) is 3.13. The summed E-state index contributed by atoms with van der Waals surface area (Å²) < 4.78 is 51.7. The van der Waals surface area contributed by atoms with Crippen molar-refractivity contribution in [3.63, 3.8) is 0 Å². The second kappa shape index (κ2) is 12.1. The van der Waals surface area contributed by atoms with Crippen molar-refractivity contribution in [1.29, 1.82) is 0 Å². The molecule has 4 aromatic rings. The predicted molar refractivity (Wildman–Crippen MR) is 139 cm³/mol. The molecule has 0 aliphatic carbocycles. The molecule has 1 heterocycles. The van der Waals surface area contributed by atoms with Crippen molar-refractivity contribution in [1.82, 2.24) is 15.0 Å². The number of carbonyl (C=O) groups excluding carboxylic acids is 1. The molecule has 0 unspecified atom stereocenters. The van der Waals surface area contributed by atoms with Crippen LogP contribution in [-0.4, -0.2) is 41.0 Å². The van der Waals surface area contributed by atoms with Crippen molar-refractivity contribution in [2.24, 2.45) is 0 Å². The number of nitrogens with zero attached hydrogens (tertiary/aromatic N) is 3. The Hall–Kier alpha value is -4.93. The Kier molecular flexibility index (Phi) is 8.40. The molecule has 0 saturated carbocycles. The molecule has 1 N–H and O–H groups in total. The van der Waals surface area contributed by atoms with Crippen molar-refractivity contribution in [3.05, 3.63) is 84.4 Å². The number of alkyl halides is 3. The van der Waals surface area contributed by atoms with Crippen molar-refractivity contribution in [2.75, 3.05) is 19.0 Å². The van der Waals surface area contributed by atoms with Gasteiger partial charge in [-0.3, -0.25) is 0 Å². The summed E-state index contributed by atoms with van der Waals surface area (Å²) in [5.41, 5.74) is 2.59. The lowest BCUT2D eigenvalue weighted by atomic mass is 10.2. The Labute approximate surface area is 222 Å². The van der Waals surface area contributed by atoms with E-state index in [4.69, 9.17) is 9.47 Å². The van der Waals surface area contributed by atoms with Gasteiger partial charge in [0.2, 0.25) is 5.95 Å². The zero-order chi connectivity index (χ0) is 27.8. The lowest BCUT2D eigenvalue weighted by molar-refractivity contribution is -0.274. The third kappa shape index (κ3) is 7.78. The normalized spacial score (nSPS) is 11.3. The van der Waals surface area contributed by atoms with Gasteiger partial charge in [0.25, 0.3) is 0 Å². The Morgan fingerprint density at radius 2 is 1.41 bits per heavy atom. The van der Waals surface area contributed by atoms with Gasteiger partial charge in [0.15, 0.2) is 11.6 Å². The molecule has 0 spiro atoms. The van der Waals surface area contributed by atoms with Gasteiger partial charge in [-0.2, -0.15) is 9.97 Å². The smallest absolute Gasteiger partial charge is 0.497 e. The molecule has 0 bridgehead atoms. The lowest BCUT2D eigenvalue weighted by Gasteiger charge is -2.11. The van der Waals surface area contributed by atoms with Gasteiger partial charge in [0.05, 0.1) is 13.7 Å². The maximum Gasteiger partial charge on any atom is 0.573 e. The summed E-state index contributed by atoms with van der Waals surface area (Å²) in [5.74, 6) is 0.674. The zero-order valence-electron chi connectivity index (χ0n) is 20.9. The number of carbonyl (C=O) groups is 1. The second-order valence-electron chi connectivity index (χ2n) is 7.94. The topological polar surface area (TPSA) is 95.5 Å². The maximum absolute atomic E-state index is 12.6. The molecule has 0 radical (unpaired) electrons. The molecule has 39 heavy (non-hydrogen) atoms. The van der Waals surface area contributed by atoms with Gasteiger partial charge < -0.3 is 19.5 Å². The average Bonchev–Trinajstić information content (AvgIpc) is 2.92. The number of ether oxygens (including phenoxy) is 3. The van der Waals surface area contributed by atoms with Gasteiger partial charge in [-0.05, 0) is 79.2 Å². The quantitative estimate of drug-likeness (QED) is 0.193. The van der Waals surface area contributed by atoms with Crippen LogP contribution in [0.15, 0.2) is 78.9 Å². The molecule has 11 heteroatoms. The first-order valence-corrected chi connectivity index (χ1v) is 11.7. The van der Waals surface area contributed by atoms with E-state index in [0.29, 0.717) is 35.0 Å². The number of nitrogens with one attached hydrogen (secondary N) is 1. The highest BCUT2D eigenvalue weighted by Gasteiger charge is 2.31. The fraction of sp³-hybridized carbons (Fsp3) is 0.143. The molecule has 1 aromatic heterocycles. The van der Waals surface area contributed by atoms with E-state index in [1.54, 1.807) is 68.6 Å². The molecule has 3 aromatic carbocycles. The molecular weight excluding hydrogens is 513 g/mol. The number of aromatic nitrogens is 3. The van der Waals surface area contributed by atoms with Crippen LogP contribution in [-0.2, 0) is 9.53 Å². The van der Waals surface area contributed by atoms with Gasteiger partial charge in [-0.15, -0.1) is 13.2 Å². The van der Waals surface area contributed by atoms with E-state index in [1.165, 1.54) is 30.3 Å². The van der Waals surface area contributed by atoms with Crippen molar-refractivity contribution in [2.45, 2.75) is 13.3 Å². The highest BCUT2D eigenvalue weighted by atomic mass is 19.4. The first-order chi connectivity index (χ1) is 18.7. The Morgan fingerprint density at radius 1 is 0.846 bits per heavy atom. The molecule has 8 nitrogen and oxygen atoms in total. The van der Waals surface area contributed by atoms with Crippen molar-refractivity contribution < 1.29 is 32.2 Å². The highest BCUT2D eigenvalue weighted by molar-refractivity contribution is 5.87. The summed E-state index contributed by atoms with van der Waals surface area (Å²) in [4.78, 5) is 25.1. The number of halogens is 3. The molecule has 0 amide bonds. The average molecular weight is 537 g/mol. The predicted octanol–water partition coefficient (Wildman–Crippen LogP) is 6.43. The fourth-order valence-corrected chi connectivity index (χ4v) is 3.40. The van der Waals surface area contributed by atoms with E-state index in [1.807, 2.05) is 0 Å². The van der Waals surface area contributed by atoms with Crippen LogP contribution in [0.5, 0.6) is 11.5 Å². The summed E-state index contributed by atoms with van der Waals surface area (Å²) in [6.07, 6.45) is -1.81. The lowest BCUT2D eigenvalue weighted by Crippen LogP contribution is -2.16. The van der Waals surface area contributed by atoms with Gasteiger partial charge in [-0.25, -0.2) is 9.78 Å². The minimum absolute atomic E-state index is 0.219. The van der Waals surface area contributed by atoms with Gasteiger partial charge in [0, 0.05) is 22.9 Å². The van der Waals surface area contributed by atoms with Crippen LogP contribution in [0.1, 0.15) is 12.5 Å². The van der Waals surface area contributed by atoms with E-state index in [2.05, 4.69) is 25.0 Å². The number of rotatable bonds is 9. The highest BCUT2D eigenvalue weighted by Crippen LogP contribution is 2.28. The Bertz CT molecular complexity index is 1440. The molecular formula is C28H23F3N4O4. The number of methoxy groups -OCH3 is 1. The number of hydrogen-bond donors (Lipinski definition) is 1. The standard InChI is InChI=1S/C28H23F3N4O4/c1-3-38-24(36)17-6-18-4-11-21(12-5-18)32-27-34-25(19-7-13-22(37-2)14-8-19)33-26(35-27)20-9-15-23(16-10-20)39-28(29,30)31/h4-17H,3H2,1-2H3,(H,32,33,34,35)/b17-6+. The van der Waals surface area contributed by atoms with Crippen LogP contribution in [0.4, 0.5) is 24.8 Å². The van der Waals surface area contributed by atoms with E-state index < -0.39 is 12.3 Å². The summed E-state index contributed by atoms with van der Waals surface area (Å²) in [7, 11) is 1.56. The molecule has 0 fully saturated rings. The third-order valence-electron chi connectivity index (χ3n) is 5.20. The molecule has 0 aliphatic rings. The first kappa shape index (κ1) is 27.1. The molecule has 0 atom stereocenters. The fourth-order valence-electron chi connectivity index (χ4n) is 3.40. The second-order valence-corrected chi connectivity index (χ2v) is 7.94. The summed E-state index contributed by atoms with van der Waals surface area (Å²) >= 11 is 0. The van der Waals surface area contributed by atoms with E-state index in [9.17, 15) is 18.0 Å². The van der Waals surface area contributed by atoms with Crippen LogP contribution >= 0.6 is 0 Å². The van der Waals surface area contributed by atoms with Crippen LogP contribution in [0.25, 0.3) is 28.9 Å². The van der Waals surface area contributed by atoms with Crippen LogP contribution < -0.4 is 14.8 Å². The van der Waals surface area contributed by atoms with E-state index >= 15 is 0 Å². The van der Waals surface area contributed by atoms with Gasteiger partial charge in [-0.1, -0.05) is 12.1 Å². The van der Waals surface area contributed by atoms with Crippen molar-refractivity contribution >= 4 is 23.7 Å². The van der Waals surface area contributed by atoms with Crippen LogP contribution in [0.3, 0.4) is 0 Å². The van der Waals surface area contributed by atoms with E-state index in [-0.39, 0.29) is 17.5 Å². The minimum Gasteiger partial charge on any atom is -0.497 e. The van der Waals surface area contributed by atoms with Crippen molar-refractivity contribution in [3.8, 4) is 34.3 Å². The number of anilines is 2. The number of benzene rings is 3. The first-order valence-electron chi connectivity index (χ1n) is 11.7. The number of esters is 1. The molecule has 200 valence electrons. The SMILES string of the molecule is CCOC(=O)/C=C/c1ccc(Nc2nc(-c3ccc(OC)cc3)nc(-c3ccc(OC(F)(F)F)cc3)n2)cc1. The summed E-state index contributed by atoms with van der Waals surface area (Å²) in [6, 6.07) is 19.5. The van der Waals surface area contributed by atoms with Crippen LogP contribution in [0, 0.1) is 0 Å². The van der Waals surface area contributed by atoms with Gasteiger partial charge >= 0.3 is 12.3 Å². The summed E-state index contributed by atoms with van der Waals surface area (Å²) in [6.45, 7) is 2.03. The zero-order valence-corrected chi connectivity index (χ0v) is 20.9. The molecule has 4 rings (SSSR count). The monoisotopic (exact) mass is 536 g/mol. The Balaban J connectivity index is 1.63. The maximum atomic E-state index is 12.6. The number of hydrogen-bond acceptors (Lipinski definition) is 8. The molecule has 0 aliphatic heterocycles. The Morgan fingerprint density at radius 3 is 1.92 bits per heavy atom. The van der Waals surface area contributed by atoms with E-state index in [0.717, 1.165) is 5.56 Å².